The van der Waals surface area contributed by atoms with Crippen LogP contribution < -0.4 is 4.90 Å². The Balaban J connectivity index is 1.36. The van der Waals surface area contributed by atoms with E-state index in [0.717, 1.165) is 47.9 Å². The molecule has 9 heteroatoms. The molecule has 2 aliphatic rings. The summed E-state index contributed by atoms with van der Waals surface area (Å²) in [5.41, 5.74) is 0.922. The fourth-order valence-electron chi connectivity index (χ4n) is 4.67. The molecule has 174 valence electrons. The van der Waals surface area contributed by atoms with E-state index in [1.165, 1.54) is 40.8 Å². The Labute approximate surface area is 194 Å². The third-order valence-electron chi connectivity index (χ3n) is 6.48. The molecule has 1 amide bonds. The highest BCUT2D eigenvalue weighted by Crippen LogP contribution is 2.40. The molecule has 0 radical (unpaired) electrons. The van der Waals surface area contributed by atoms with Crippen LogP contribution in [0.1, 0.15) is 52.0 Å². The highest BCUT2D eigenvalue weighted by atomic mass is 32.1. The number of piperazine rings is 1. The lowest BCUT2D eigenvalue weighted by atomic mass is 9.97. The molecule has 5 nitrogen and oxygen atoms in total. The molecule has 33 heavy (non-hydrogen) atoms. The van der Waals surface area contributed by atoms with Crippen LogP contribution in [0, 0.1) is 0 Å². The molecule has 0 saturated carbocycles. The van der Waals surface area contributed by atoms with E-state index in [4.69, 9.17) is 9.97 Å². The molecule has 3 heterocycles. The topological polar surface area (TPSA) is 49.3 Å². The van der Waals surface area contributed by atoms with Gasteiger partial charge in [-0.15, -0.1) is 11.3 Å². The van der Waals surface area contributed by atoms with Crippen LogP contribution in [0.15, 0.2) is 24.3 Å². The summed E-state index contributed by atoms with van der Waals surface area (Å²) in [6, 6.07) is 4.45. The molecule has 3 aromatic rings. The first kappa shape index (κ1) is 22.1. The minimum absolute atomic E-state index is 0.238. The maximum absolute atomic E-state index is 12.9. The number of aromatic nitrogens is 2. The Kier molecular flexibility index (Phi) is 5.76. The molecule has 2 aromatic heterocycles. The van der Waals surface area contributed by atoms with Crippen LogP contribution in [0.2, 0.25) is 0 Å². The van der Waals surface area contributed by atoms with E-state index in [0.29, 0.717) is 26.2 Å². The van der Waals surface area contributed by atoms with Gasteiger partial charge in [-0.05, 0) is 55.5 Å². The average molecular weight is 475 g/mol. The number of alkyl halides is 3. The lowest BCUT2D eigenvalue weighted by molar-refractivity contribution is -0.137. The monoisotopic (exact) mass is 474 g/mol. The summed E-state index contributed by atoms with van der Waals surface area (Å²) < 4.78 is 38.4. The molecule has 0 bridgehead atoms. The zero-order valence-corrected chi connectivity index (χ0v) is 19.2. The molecule has 1 fully saturated rings. The number of thiophene rings is 1. The van der Waals surface area contributed by atoms with E-state index in [2.05, 4.69) is 11.8 Å². The minimum atomic E-state index is -4.41. The van der Waals surface area contributed by atoms with Gasteiger partial charge in [-0.25, -0.2) is 9.97 Å². The molecule has 1 aliphatic heterocycles. The smallest absolute Gasteiger partial charge is 0.352 e. The molecule has 1 saturated heterocycles. The van der Waals surface area contributed by atoms with Gasteiger partial charge in [-0.3, -0.25) is 4.79 Å². The third-order valence-corrected chi connectivity index (χ3v) is 7.67. The Morgan fingerprint density at radius 2 is 1.73 bits per heavy atom. The highest BCUT2D eigenvalue weighted by Gasteiger charge is 2.31. The lowest BCUT2D eigenvalue weighted by Gasteiger charge is -2.36. The van der Waals surface area contributed by atoms with E-state index >= 15 is 0 Å². The van der Waals surface area contributed by atoms with E-state index in [-0.39, 0.29) is 11.5 Å². The largest absolute Gasteiger partial charge is 0.416 e. The number of carbonyl (C=O) groups excluding carboxylic acids is 1. The summed E-state index contributed by atoms with van der Waals surface area (Å²) in [5, 5.41) is 1.18. The lowest BCUT2D eigenvalue weighted by Crippen LogP contribution is -2.49. The standard InChI is InChI=1S/C24H25F3N4OS/c1-2-19-28-21(20-17-5-3-4-6-18(17)33-22(20)29-19)30-11-13-31(14-12-30)23(32)15-7-9-16(10-8-15)24(25,26)27/h7-10H,2-6,11-14H2,1H3. The Bertz CT molecular complexity index is 1180. The van der Waals surface area contributed by atoms with Crippen molar-refractivity contribution in [3.63, 3.8) is 0 Å². The van der Waals surface area contributed by atoms with Crippen molar-refractivity contribution < 1.29 is 18.0 Å². The number of aryl methyl sites for hydroxylation is 3. The first-order valence-corrected chi connectivity index (χ1v) is 12.2. The third kappa shape index (κ3) is 4.18. The molecular formula is C24H25F3N4OS. The van der Waals surface area contributed by atoms with Crippen molar-refractivity contribution in [2.24, 2.45) is 0 Å². The number of rotatable bonds is 3. The molecule has 1 aromatic carbocycles. The van der Waals surface area contributed by atoms with Crippen molar-refractivity contribution in [2.75, 3.05) is 31.1 Å². The normalized spacial score (nSPS) is 16.8. The van der Waals surface area contributed by atoms with Crippen LogP contribution in [-0.4, -0.2) is 47.0 Å². The fraction of sp³-hybridized carbons (Fsp3) is 0.458. The zero-order valence-electron chi connectivity index (χ0n) is 18.4. The molecule has 1 aliphatic carbocycles. The van der Waals surface area contributed by atoms with Crippen molar-refractivity contribution in [1.82, 2.24) is 14.9 Å². The summed E-state index contributed by atoms with van der Waals surface area (Å²) in [4.78, 5) is 29.0. The Hall–Kier alpha value is -2.68. The quantitative estimate of drug-likeness (QED) is 0.529. The van der Waals surface area contributed by atoms with Crippen molar-refractivity contribution >= 4 is 33.3 Å². The zero-order chi connectivity index (χ0) is 23.2. The van der Waals surface area contributed by atoms with E-state index in [1.807, 2.05) is 0 Å². The first-order chi connectivity index (χ1) is 15.8. The van der Waals surface area contributed by atoms with Crippen molar-refractivity contribution in [2.45, 2.75) is 45.2 Å². The molecule has 0 spiro atoms. The van der Waals surface area contributed by atoms with Gasteiger partial charge in [0.1, 0.15) is 16.5 Å². The Morgan fingerprint density at radius 3 is 2.39 bits per heavy atom. The number of halogens is 3. The van der Waals surface area contributed by atoms with Crippen LogP contribution in [-0.2, 0) is 25.4 Å². The number of hydrogen-bond donors (Lipinski definition) is 0. The van der Waals surface area contributed by atoms with Crippen molar-refractivity contribution in [1.29, 1.82) is 0 Å². The fourth-order valence-corrected chi connectivity index (χ4v) is 5.95. The average Bonchev–Trinajstić information content (AvgIpc) is 3.21. The molecule has 5 rings (SSSR count). The van der Waals surface area contributed by atoms with E-state index < -0.39 is 11.7 Å². The maximum Gasteiger partial charge on any atom is 0.416 e. The van der Waals surface area contributed by atoms with Crippen LogP contribution in [0.25, 0.3) is 10.2 Å². The molecule has 0 atom stereocenters. The summed E-state index contributed by atoms with van der Waals surface area (Å²) in [5.74, 6) is 1.57. The maximum atomic E-state index is 12.9. The van der Waals surface area contributed by atoms with Gasteiger partial charge in [0.25, 0.3) is 5.91 Å². The molecule has 0 unspecified atom stereocenters. The summed E-state index contributed by atoms with van der Waals surface area (Å²) in [6.45, 7) is 4.32. The van der Waals surface area contributed by atoms with Crippen molar-refractivity contribution in [3.05, 3.63) is 51.7 Å². The number of amides is 1. The van der Waals surface area contributed by atoms with Crippen LogP contribution in [0.4, 0.5) is 19.0 Å². The van der Waals surface area contributed by atoms with Gasteiger partial charge in [0.15, 0.2) is 0 Å². The van der Waals surface area contributed by atoms with Crippen LogP contribution in [0.3, 0.4) is 0 Å². The molecule has 0 N–H and O–H groups in total. The number of hydrogen-bond acceptors (Lipinski definition) is 5. The minimum Gasteiger partial charge on any atom is -0.352 e. The van der Waals surface area contributed by atoms with Gasteiger partial charge in [0.2, 0.25) is 0 Å². The van der Waals surface area contributed by atoms with E-state index in [9.17, 15) is 18.0 Å². The van der Waals surface area contributed by atoms with Crippen molar-refractivity contribution in [3.8, 4) is 0 Å². The number of benzene rings is 1. The second-order valence-electron chi connectivity index (χ2n) is 8.56. The number of fused-ring (bicyclic) bond motifs is 3. The van der Waals surface area contributed by atoms with E-state index in [1.54, 1.807) is 16.2 Å². The predicted molar refractivity (Wildman–Crippen MR) is 123 cm³/mol. The van der Waals surface area contributed by atoms with Gasteiger partial charge in [-0.2, -0.15) is 13.2 Å². The second-order valence-corrected chi connectivity index (χ2v) is 9.65. The van der Waals surface area contributed by atoms with Gasteiger partial charge in [0.05, 0.1) is 10.9 Å². The summed E-state index contributed by atoms with van der Waals surface area (Å²) in [7, 11) is 0. The van der Waals surface area contributed by atoms with Gasteiger partial charge >= 0.3 is 6.18 Å². The van der Waals surface area contributed by atoms with Crippen LogP contribution >= 0.6 is 11.3 Å². The molecular weight excluding hydrogens is 449 g/mol. The predicted octanol–water partition coefficient (Wildman–Crippen LogP) is 5.11. The van der Waals surface area contributed by atoms with Crippen LogP contribution in [0.5, 0.6) is 0 Å². The number of carbonyl (C=O) groups is 1. The Morgan fingerprint density at radius 1 is 1.03 bits per heavy atom. The van der Waals surface area contributed by atoms with Gasteiger partial charge in [0, 0.05) is 43.0 Å². The highest BCUT2D eigenvalue weighted by molar-refractivity contribution is 7.19. The number of anilines is 1. The van der Waals surface area contributed by atoms with Gasteiger partial charge in [-0.1, -0.05) is 6.92 Å². The summed E-state index contributed by atoms with van der Waals surface area (Å²) >= 11 is 1.79. The SMILES string of the molecule is CCc1nc(N2CCN(C(=O)c3ccc(C(F)(F)F)cc3)CC2)c2c3c(sc2n1)CCCC3. The second kappa shape index (κ2) is 8.59. The first-order valence-electron chi connectivity index (χ1n) is 11.4. The van der Waals surface area contributed by atoms with Gasteiger partial charge < -0.3 is 9.80 Å². The summed E-state index contributed by atoms with van der Waals surface area (Å²) in [6.07, 6.45) is 0.916. The number of nitrogens with zero attached hydrogens (tertiary/aromatic N) is 4.